The van der Waals surface area contributed by atoms with Crippen LogP contribution in [-0.4, -0.2) is 30.2 Å². The fourth-order valence-electron chi connectivity index (χ4n) is 4.92. The highest BCUT2D eigenvalue weighted by molar-refractivity contribution is 8.04. The molecule has 4 rings (SSSR count). The molecule has 230 valence electrons. The van der Waals surface area contributed by atoms with Gasteiger partial charge in [0.25, 0.3) is 0 Å². The van der Waals surface area contributed by atoms with Crippen molar-refractivity contribution in [1.82, 2.24) is 0 Å². The zero-order valence-electron chi connectivity index (χ0n) is 25.1. The average molecular weight is 629 g/mol. The molecular weight excluding hydrogens is 591 g/mol. The second-order valence-corrected chi connectivity index (χ2v) is 14.8. The number of hydrogen-bond donors (Lipinski definition) is 2. The number of cyclic esters (lactones) is 1. The number of phenolic OH excluding ortho intramolecular Hbond substituents is 1. The van der Waals surface area contributed by atoms with Gasteiger partial charge in [0.1, 0.15) is 38.5 Å². The maximum Gasteiger partial charge on any atom is 0.349 e. The fraction of sp³-hybridized carbons (Fsp3) is 0.364. The number of phenols is 1. The van der Waals surface area contributed by atoms with Crippen LogP contribution in [0.2, 0.25) is 0 Å². The molecule has 0 aromatic heterocycles. The molecule has 0 aliphatic carbocycles. The molecule has 0 spiro atoms. The molecule has 1 heterocycles. The summed E-state index contributed by atoms with van der Waals surface area (Å²) < 4.78 is 50.8. The Bertz CT molecular complexity index is 1640. The van der Waals surface area contributed by atoms with Crippen LogP contribution in [-0.2, 0) is 31.5 Å². The molecule has 7 nitrogen and oxygen atoms in total. The second-order valence-electron chi connectivity index (χ2n) is 12.2. The summed E-state index contributed by atoms with van der Waals surface area (Å²) in [6.07, 6.45) is 1.24. The summed E-state index contributed by atoms with van der Waals surface area (Å²) in [6.45, 7) is 11.4. The van der Waals surface area contributed by atoms with Crippen LogP contribution in [0.1, 0.15) is 64.2 Å². The van der Waals surface area contributed by atoms with Crippen molar-refractivity contribution in [3.63, 3.8) is 0 Å². The van der Waals surface area contributed by atoms with E-state index in [1.165, 1.54) is 0 Å². The minimum atomic E-state index is -4.23. The molecule has 0 radical (unpaired) electrons. The lowest BCUT2D eigenvalue weighted by Crippen LogP contribution is -2.44. The van der Waals surface area contributed by atoms with Gasteiger partial charge >= 0.3 is 16.1 Å². The summed E-state index contributed by atoms with van der Waals surface area (Å²) in [5, 5.41) is 20.8. The van der Waals surface area contributed by atoms with E-state index < -0.39 is 32.9 Å². The number of hydrogen-bond acceptors (Lipinski definition) is 8. The number of halogens is 1. The van der Waals surface area contributed by atoms with Gasteiger partial charge in [-0.15, -0.1) is 0 Å². The van der Waals surface area contributed by atoms with Gasteiger partial charge in [-0.25, -0.2) is 9.18 Å². The standard InChI is InChI=1S/C33H37FO7S2/c1-20(2)33(16-15-22-7-11-24(35)12-8-22)19-27(36)30(31(37)40-33)42-29-17-21(3)28(18-26(29)32(4,5)6)41-43(38,39)25-13-9-23(34)10-14-25/h7-14,17-18,20,35-36H,15-16,19H2,1-6H3. The molecule has 0 saturated carbocycles. The van der Waals surface area contributed by atoms with Crippen molar-refractivity contribution >= 4 is 27.8 Å². The number of carbonyl (C=O) groups excluding carboxylic acids is 1. The number of rotatable bonds is 9. The fourth-order valence-corrected chi connectivity index (χ4v) is 7.14. The first-order chi connectivity index (χ1) is 20.0. The van der Waals surface area contributed by atoms with Crippen molar-refractivity contribution in [3.05, 3.63) is 93.8 Å². The lowest BCUT2D eigenvalue weighted by atomic mass is 9.80. The Kier molecular flexibility index (Phi) is 9.23. The number of benzene rings is 3. The van der Waals surface area contributed by atoms with Crippen molar-refractivity contribution < 1.29 is 36.7 Å². The van der Waals surface area contributed by atoms with Crippen molar-refractivity contribution in [2.24, 2.45) is 5.92 Å². The lowest BCUT2D eigenvalue weighted by molar-refractivity contribution is -0.164. The second kappa shape index (κ2) is 12.2. The van der Waals surface area contributed by atoms with Gasteiger partial charge in [-0.2, -0.15) is 8.42 Å². The maximum atomic E-state index is 13.4. The topological polar surface area (TPSA) is 110 Å². The Morgan fingerprint density at radius 2 is 1.67 bits per heavy atom. The van der Waals surface area contributed by atoms with Crippen LogP contribution in [0.4, 0.5) is 4.39 Å². The maximum absolute atomic E-state index is 13.4. The van der Waals surface area contributed by atoms with Crippen LogP contribution in [0.5, 0.6) is 11.5 Å². The third-order valence-corrected chi connectivity index (χ3v) is 10.0. The number of aliphatic hydroxyl groups excluding tert-OH is 1. The number of thioether (sulfide) groups is 1. The highest BCUT2D eigenvalue weighted by atomic mass is 32.2. The minimum absolute atomic E-state index is 0.0580. The molecule has 0 saturated heterocycles. The van der Waals surface area contributed by atoms with E-state index in [0.29, 0.717) is 28.9 Å². The van der Waals surface area contributed by atoms with Crippen LogP contribution in [0.15, 0.2) is 81.1 Å². The van der Waals surface area contributed by atoms with E-state index in [0.717, 1.165) is 41.6 Å². The van der Waals surface area contributed by atoms with Gasteiger partial charge in [-0.05, 0) is 96.3 Å². The molecule has 1 unspecified atom stereocenters. The quantitative estimate of drug-likeness (QED) is 0.183. The van der Waals surface area contributed by atoms with E-state index in [2.05, 4.69) is 0 Å². The van der Waals surface area contributed by atoms with E-state index in [9.17, 15) is 27.8 Å². The Hall–Kier alpha value is -3.50. The van der Waals surface area contributed by atoms with Crippen LogP contribution >= 0.6 is 11.8 Å². The van der Waals surface area contributed by atoms with Gasteiger partial charge in [0.15, 0.2) is 0 Å². The van der Waals surface area contributed by atoms with Crippen molar-refractivity contribution in [1.29, 1.82) is 0 Å². The van der Waals surface area contributed by atoms with Gasteiger partial charge in [0.2, 0.25) is 0 Å². The molecule has 2 N–H and O–H groups in total. The van der Waals surface area contributed by atoms with Crippen molar-refractivity contribution in [2.45, 2.75) is 81.6 Å². The molecule has 3 aromatic carbocycles. The number of aryl methyl sites for hydroxylation is 2. The van der Waals surface area contributed by atoms with Gasteiger partial charge in [-0.3, -0.25) is 0 Å². The number of carbonyl (C=O) groups is 1. The minimum Gasteiger partial charge on any atom is -0.511 e. The molecule has 0 fully saturated rings. The van der Waals surface area contributed by atoms with Crippen LogP contribution in [0.25, 0.3) is 0 Å². The molecule has 10 heteroatoms. The normalized spacial score (nSPS) is 17.7. The summed E-state index contributed by atoms with van der Waals surface area (Å²) in [6, 6.07) is 14.6. The highest BCUT2D eigenvalue weighted by Gasteiger charge is 2.44. The number of esters is 1. The first-order valence-electron chi connectivity index (χ1n) is 14.0. The summed E-state index contributed by atoms with van der Waals surface area (Å²) in [4.78, 5) is 14.0. The van der Waals surface area contributed by atoms with Gasteiger partial charge < -0.3 is 19.1 Å². The Morgan fingerprint density at radius 1 is 1.05 bits per heavy atom. The molecule has 1 atom stereocenters. The van der Waals surface area contributed by atoms with E-state index in [-0.39, 0.29) is 39.4 Å². The van der Waals surface area contributed by atoms with Crippen LogP contribution < -0.4 is 4.18 Å². The van der Waals surface area contributed by atoms with E-state index in [1.807, 2.05) is 46.8 Å². The largest absolute Gasteiger partial charge is 0.511 e. The highest BCUT2D eigenvalue weighted by Crippen LogP contribution is 2.46. The molecule has 43 heavy (non-hydrogen) atoms. The SMILES string of the molecule is Cc1cc(SC2=C(O)CC(CCc3ccc(O)cc3)(C(C)C)OC2=O)c(C(C)(C)C)cc1OS(=O)(=O)c1ccc(F)cc1. The van der Waals surface area contributed by atoms with Crippen molar-refractivity contribution in [3.8, 4) is 11.5 Å². The summed E-state index contributed by atoms with van der Waals surface area (Å²) >= 11 is 1.08. The predicted molar refractivity (Wildman–Crippen MR) is 164 cm³/mol. The predicted octanol–water partition coefficient (Wildman–Crippen LogP) is 7.74. The monoisotopic (exact) mass is 628 g/mol. The van der Waals surface area contributed by atoms with Gasteiger partial charge in [0.05, 0.1) is 0 Å². The molecule has 1 aliphatic rings. The van der Waals surface area contributed by atoms with Gasteiger partial charge in [-0.1, -0.05) is 58.5 Å². The number of aliphatic hydroxyl groups is 1. The van der Waals surface area contributed by atoms with Crippen LogP contribution in [0, 0.1) is 18.7 Å². The summed E-state index contributed by atoms with van der Waals surface area (Å²) in [7, 11) is -4.23. The summed E-state index contributed by atoms with van der Waals surface area (Å²) in [5.74, 6) is -1.03. The number of aromatic hydroxyl groups is 1. The zero-order valence-corrected chi connectivity index (χ0v) is 26.7. The zero-order chi connectivity index (χ0) is 31.7. The van der Waals surface area contributed by atoms with E-state index in [1.54, 1.807) is 31.2 Å². The van der Waals surface area contributed by atoms with Crippen molar-refractivity contribution in [2.75, 3.05) is 0 Å². The first-order valence-corrected chi connectivity index (χ1v) is 16.2. The Morgan fingerprint density at radius 3 is 2.23 bits per heavy atom. The molecular formula is C33H37FO7S2. The Balaban J connectivity index is 1.63. The average Bonchev–Trinajstić information content (AvgIpc) is 2.91. The molecule has 0 bridgehead atoms. The Labute approximate surface area is 256 Å². The lowest BCUT2D eigenvalue weighted by Gasteiger charge is -2.40. The third kappa shape index (κ3) is 7.36. The van der Waals surface area contributed by atoms with E-state index >= 15 is 0 Å². The molecule has 0 amide bonds. The van der Waals surface area contributed by atoms with Crippen LogP contribution in [0.3, 0.4) is 0 Å². The van der Waals surface area contributed by atoms with Gasteiger partial charge in [0, 0.05) is 11.3 Å². The smallest absolute Gasteiger partial charge is 0.349 e. The first kappa shape index (κ1) is 32.4. The molecule has 1 aliphatic heterocycles. The van der Waals surface area contributed by atoms with E-state index in [4.69, 9.17) is 8.92 Å². The summed E-state index contributed by atoms with van der Waals surface area (Å²) in [5.41, 5.74) is 0.781. The molecule has 3 aromatic rings. The number of ether oxygens (including phenoxy) is 1. The third-order valence-electron chi connectivity index (χ3n) is 7.63.